The van der Waals surface area contributed by atoms with E-state index in [1.54, 1.807) is 17.9 Å². The first kappa shape index (κ1) is 24.0. The maximum Gasteiger partial charge on any atom is 0.332 e. The standard InChI is InChI=1S/C22H28N10O3S/c1-28-19-16(20(34)29(2)22(28)35)31(13-24-19)12-15(33)23-7-10-32-18-14(11-25-32)17(26-21(27-18)36-3)30-8-5-4-6-9-30/h11,13H,4-10,12H2,1-3H3,(H,23,33). The highest BCUT2D eigenvalue weighted by atomic mass is 32.2. The molecule has 1 aliphatic rings. The molecule has 0 atom stereocenters. The second kappa shape index (κ2) is 9.76. The topological polar surface area (TPSA) is 138 Å². The largest absolute Gasteiger partial charge is 0.356 e. The number of carbonyl (C=O) groups excluding carboxylic acids is 1. The Labute approximate surface area is 210 Å². The lowest BCUT2D eigenvalue weighted by atomic mass is 10.1. The van der Waals surface area contributed by atoms with Crippen LogP contribution in [0.25, 0.3) is 22.2 Å². The van der Waals surface area contributed by atoms with Gasteiger partial charge in [-0.1, -0.05) is 11.8 Å². The van der Waals surface area contributed by atoms with Gasteiger partial charge < -0.3 is 14.8 Å². The Hall–Kier alpha value is -3.68. The summed E-state index contributed by atoms with van der Waals surface area (Å²) in [6.45, 7) is 2.61. The van der Waals surface area contributed by atoms with Crippen LogP contribution in [0.3, 0.4) is 0 Å². The molecule has 0 aliphatic carbocycles. The Morgan fingerprint density at radius 3 is 2.61 bits per heavy atom. The number of aromatic nitrogens is 8. The lowest BCUT2D eigenvalue weighted by Crippen LogP contribution is -2.38. The highest BCUT2D eigenvalue weighted by Gasteiger charge is 2.20. The van der Waals surface area contributed by atoms with Crippen molar-refractivity contribution in [1.29, 1.82) is 0 Å². The van der Waals surface area contributed by atoms with Gasteiger partial charge in [0.1, 0.15) is 12.4 Å². The number of nitrogens with zero attached hydrogens (tertiary/aromatic N) is 9. The molecule has 0 spiro atoms. The molecule has 1 amide bonds. The van der Waals surface area contributed by atoms with Gasteiger partial charge in [-0.15, -0.1) is 0 Å². The third-order valence-electron chi connectivity index (χ3n) is 6.47. The Bertz CT molecular complexity index is 1560. The molecule has 4 aromatic heterocycles. The second-order valence-electron chi connectivity index (χ2n) is 8.79. The number of amides is 1. The van der Waals surface area contributed by atoms with Crippen molar-refractivity contribution in [1.82, 2.24) is 43.8 Å². The maximum absolute atomic E-state index is 12.7. The maximum atomic E-state index is 12.7. The van der Waals surface area contributed by atoms with Crippen LogP contribution >= 0.6 is 11.8 Å². The quantitative estimate of drug-likeness (QED) is 0.270. The summed E-state index contributed by atoms with van der Waals surface area (Å²) < 4.78 is 5.53. The number of carbonyl (C=O) groups is 1. The second-order valence-corrected chi connectivity index (χ2v) is 9.56. The number of aryl methyl sites for hydroxylation is 1. The van der Waals surface area contributed by atoms with E-state index in [1.807, 2.05) is 6.26 Å². The molecule has 36 heavy (non-hydrogen) atoms. The van der Waals surface area contributed by atoms with Crippen molar-refractivity contribution >= 4 is 45.7 Å². The fourth-order valence-electron chi connectivity index (χ4n) is 4.55. The van der Waals surface area contributed by atoms with Crippen LogP contribution in [0.4, 0.5) is 5.82 Å². The molecule has 0 saturated carbocycles. The molecule has 5 rings (SSSR count). The molecular weight excluding hydrogens is 484 g/mol. The number of piperidine rings is 1. The van der Waals surface area contributed by atoms with Crippen LogP contribution < -0.4 is 21.5 Å². The molecule has 1 aliphatic heterocycles. The van der Waals surface area contributed by atoms with E-state index >= 15 is 0 Å². The number of anilines is 1. The van der Waals surface area contributed by atoms with Crippen LogP contribution in [0.2, 0.25) is 0 Å². The van der Waals surface area contributed by atoms with Crippen LogP contribution in [0, 0.1) is 0 Å². The molecule has 0 bridgehead atoms. The number of fused-ring (bicyclic) bond motifs is 2. The Morgan fingerprint density at radius 2 is 1.86 bits per heavy atom. The predicted molar refractivity (Wildman–Crippen MR) is 136 cm³/mol. The first-order valence-corrected chi connectivity index (χ1v) is 13.0. The third kappa shape index (κ3) is 4.25. The molecular formula is C22H28N10O3S. The van der Waals surface area contributed by atoms with Gasteiger partial charge in [0.25, 0.3) is 5.56 Å². The minimum Gasteiger partial charge on any atom is -0.356 e. The zero-order valence-corrected chi connectivity index (χ0v) is 21.3. The summed E-state index contributed by atoms with van der Waals surface area (Å²) >= 11 is 1.49. The summed E-state index contributed by atoms with van der Waals surface area (Å²) in [4.78, 5) is 53.2. The molecule has 13 nitrogen and oxygen atoms in total. The van der Waals surface area contributed by atoms with Gasteiger partial charge in [-0.05, 0) is 25.5 Å². The molecule has 0 radical (unpaired) electrons. The zero-order valence-electron chi connectivity index (χ0n) is 20.5. The van der Waals surface area contributed by atoms with Crippen LogP contribution in [0.15, 0.2) is 27.3 Å². The molecule has 1 fully saturated rings. The fourth-order valence-corrected chi connectivity index (χ4v) is 4.91. The summed E-state index contributed by atoms with van der Waals surface area (Å²) in [5, 5.41) is 8.99. The summed E-state index contributed by atoms with van der Waals surface area (Å²) in [5.41, 5.74) is 0.238. The summed E-state index contributed by atoms with van der Waals surface area (Å²) in [5.74, 6) is 0.636. The Morgan fingerprint density at radius 1 is 1.08 bits per heavy atom. The molecule has 1 saturated heterocycles. The normalized spacial score (nSPS) is 14.1. The van der Waals surface area contributed by atoms with E-state index < -0.39 is 11.2 Å². The van der Waals surface area contributed by atoms with Crippen molar-refractivity contribution < 1.29 is 4.79 Å². The minimum atomic E-state index is -0.491. The number of imidazole rings is 1. The molecule has 190 valence electrons. The molecule has 14 heteroatoms. The van der Waals surface area contributed by atoms with Crippen molar-refractivity contribution in [2.45, 2.75) is 37.5 Å². The van der Waals surface area contributed by atoms with Gasteiger partial charge in [0, 0.05) is 33.7 Å². The number of hydrogen-bond acceptors (Lipinski definition) is 9. The van der Waals surface area contributed by atoms with E-state index in [0.717, 1.165) is 47.3 Å². The van der Waals surface area contributed by atoms with Gasteiger partial charge >= 0.3 is 5.69 Å². The van der Waals surface area contributed by atoms with Gasteiger partial charge in [0.05, 0.1) is 24.5 Å². The summed E-state index contributed by atoms with van der Waals surface area (Å²) in [7, 11) is 2.94. The SMILES string of the molecule is CSc1nc(N2CCCCC2)c2cnn(CCNC(=O)Cn3cnc4c3c(=O)n(C)c(=O)n4C)c2n1. The van der Waals surface area contributed by atoms with Crippen LogP contribution in [-0.2, 0) is 32.0 Å². The number of hydrogen-bond donors (Lipinski definition) is 1. The fraction of sp³-hybridized carbons (Fsp3) is 0.500. The highest BCUT2D eigenvalue weighted by molar-refractivity contribution is 7.98. The molecule has 0 aromatic carbocycles. The van der Waals surface area contributed by atoms with Gasteiger partial charge in [0.15, 0.2) is 22.0 Å². The summed E-state index contributed by atoms with van der Waals surface area (Å²) in [6, 6.07) is 0. The van der Waals surface area contributed by atoms with Crippen molar-refractivity contribution in [3.05, 3.63) is 33.4 Å². The average Bonchev–Trinajstić information content (AvgIpc) is 3.50. The van der Waals surface area contributed by atoms with E-state index in [1.165, 1.54) is 40.7 Å². The number of nitrogens with one attached hydrogen (secondary N) is 1. The smallest absolute Gasteiger partial charge is 0.332 e. The molecule has 0 unspecified atom stereocenters. The van der Waals surface area contributed by atoms with Gasteiger partial charge in [0.2, 0.25) is 5.91 Å². The number of rotatable bonds is 7. The monoisotopic (exact) mass is 512 g/mol. The first-order valence-electron chi connectivity index (χ1n) is 11.8. The third-order valence-corrected chi connectivity index (χ3v) is 7.02. The minimum absolute atomic E-state index is 0.0955. The predicted octanol–water partition coefficient (Wildman–Crippen LogP) is 0.102. The first-order chi connectivity index (χ1) is 17.4. The molecule has 4 aromatic rings. The Balaban J connectivity index is 1.30. The van der Waals surface area contributed by atoms with Crippen molar-refractivity contribution in [3.63, 3.8) is 0 Å². The van der Waals surface area contributed by atoms with Gasteiger partial charge in [-0.2, -0.15) is 5.10 Å². The van der Waals surface area contributed by atoms with E-state index in [2.05, 4.69) is 25.3 Å². The average molecular weight is 513 g/mol. The molecule has 1 N–H and O–H groups in total. The Kier molecular flexibility index (Phi) is 6.51. The zero-order chi connectivity index (χ0) is 25.4. The lowest BCUT2D eigenvalue weighted by Gasteiger charge is -2.28. The van der Waals surface area contributed by atoms with Crippen LogP contribution in [-0.4, -0.2) is 70.2 Å². The van der Waals surface area contributed by atoms with Crippen LogP contribution in [0.1, 0.15) is 19.3 Å². The van der Waals surface area contributed by atoms with Gasteiger partial charge in [-0.25, -0.2) is 24.4 Å². The van der Waals surface area contributed by atoms with E-state index in [4.69, 9.17) is 4.98 Å². The van der Waals surface area contributed by atoms with E-state index in [9.17, 15) is 14.4 Å². The van der Waals surface area contributed by atoms with Crippen LogP contribution in [0.5, 0.6) is 0 Å². The van der Waals surface area contributed by atoms with Gasteiger partial charge in [-0.3, -0.25) is 18.7 Å². The molecule has 5 heterocycles. The lowest BCUT2D eigenvalue weighted by molar-refractivity contribution is -0.121. The van der Waals surface area contributed by atoms with Crippen molar-refractivity contribution in [3.8, 4) is 0 Å². The van der Waals surface area contributed by atoms with Crippen molar-refractivity contribution in [2.75, 3.05) is 30.8 Å². The highest BCUT2D eigenvalue weighted by Crippen LogP contribution is 2.28. The number of thioether (sulfide) groups is 1. The van der Waals surface area contributed by atoms with E-state index in [0.29, 0.717) is 18.2 Å². The summed E-state index contributed by atoms with van der Waals surface area (Å²) in [6.07, 6.45) is 8.68. The van der Waals surface area contributed by atoms with Crippen molar-refractivity contribution in [2.24, 2.45) is 14.1 Å². The van der Waals surface area contributed by atoms with E-state index in [-0.39, 0.29) is 23.6 Å².